The Morgan fingerprint density at radius 1 is 0.822 bits per heavy atom. The summed E-state index contributed by atoms with van der Waals surface area (Å²) in [5, 5.41) is 0. The molecule has 45 heavy (non-hydrogen) atoms. The summed E-state index contributed by atoms with van der Waals surface area (Å²) in [6.07, 6.45) is 17.3. The van der Waals surface area contributed by atoms with Gasteiger partial charge in [-0.05, 0) is 55.4 Å². The summed E-state index contributed by atoms with van der Waals surface area (Å²) in [6.45, 7) is 1.72. The van der Waals surface area contributed by atoms with Crippen molar-refractivity contribution < 1.29 is 31.1 Å². The summed E-state index contributed by atoms with van der Waals surface area (Å²) < 4.78 is 95.5. The zero-order valence-corrected chi connectivity index (χ0v) is 26.9. The Hall–Kier alpha value is -2.25. The molecule has 252 valence electrons. The number of alkyl halides is 3. The minimum Gasteiger partial charge on any atom is -0.487 e. The highest BCUT2D eigenvalue weighted by molar-refractivity contribution is 5.63. The smallest absolute Gasteiger partial charge is 0.280 e. The minimum atomic E-state index is -3.38. The molecule has 0 bridgehead atoms. The van der Waals surface area contributed by atoms with E-state index < -0.39 is 53.5 Å². The van der Waals surface area contributed by atoms with E-state index >= 15 is 17.6 Å². The number of ether oxygens (including phenoxy) is 1. The van der Waals surface area contributed by atoms with Gasteiger partial charge in [-0.15, -0.1) is 0 Å². The Kier molecular flexibility index (Phi) is 13.9. The van der Waals surface area contributed by atoms with E-state index in [0.717, 1.165) is 63.4 Å². The van der Waals surface area contributed by atoms with Gasteiger partial charge < -0.3 is 4.74 Å². The molecule has 8 heteroatoms. The van der Waals surface area contributed by atoms with Crippen molar-refractivity contribution in [2.24, 2.45) is 11.8 Å². The number of unbranched alkanes of at least 4 members (excludes halogenated alkanes) is 11. The molecule has 1 fully saturated rings. The van der Waals surface area contributed by atoms with Gasteiger partial charge in [0.05, 0.1) is 11.3 Å². The third-order valence-corrected chi connectivity index (χ3v) is 9.64. The monoisotopic (exact) mass is 639 g/mol. The molecule has 1 saturated carbocycles. The third kappa shape index (κ3) is 10.4. The number of hydrogen-bond donors (Lipinski definition) is 0. The van der Waals surface area contributed by atoms with Gasteiger partial charge in [0.1, 0.15) is 12.8 Å². The first-order valence-corrected chi connectivity index (χ1v) is 17.5. The van der Waals surface area contributed by atoms with Crippen LogP contribution in [0.2, 0.25) is 0 Å². The van der Waals surface area contributed by atoms with Crippen LogP contribution in [-0.2, 0) is 12.3 Å². The Labute approximate surface area is 265 Å². The van der Waals surface area contributed by atoms with Gasteiger partial charge >= 0.3 is 0 Å². The summed E-state index contributed by atoms with van der Waals surface area (Å²) in [5.74, 6) is -7.88. The van der Waals surface area contributed by atoms with Crippen molar-refractivity contribution in [2.75, 3.05) is 6.61 Å². The van der Waals surface area contributed by atoms with Gasteiger partial charge in [-0.1, -0.05) is 110 Å². The van der Waals surface area contributed by atoms with E-state index in [0.29, 0.717) is 19.3 Å². The molecule has 1 aromatic carbocycles. The van der Waals surface area contributed by atoms with Crippen LogP contribution in [0.25, 0.3) is 11.3 Å². The van der Waals surface area contributed by atoms with Crippen molar-refractivity contribution in [2.45, 2.75) is 147 Å². The Morgan fingerprint density at radius 2 is 1.47 bits per heavy atom. The third-order valence-electron chi connectivity index (χ3n) is 9.64. The summed E-state index contributed by atoms with van der Waals surface area (Å²) in [6, 6.07) is 3.55. The molecule has 2 aromatic rings. The number of hydrogen-bond acceptors (Lipinski definition) is 2. The van der Waals surface area contributed by atoms with Crippen molar-refractivity contribution in [3.8, 4) is 17.0 Å². The summed E-state index contributed by atoms with van der Waals surface area (Å²) >= 11 is 0. The van der Waals surface area contributed by atoms with Crippen molar-refractivity contribution in [1.29, 1.82) is 0 Å². The lowest BCUT2D eigenvalue weighted by molar-refractivity contribution is -0.0824. The molecule has 0 aliphatic heterocycles. The molecule has 4 rings (SSSR count). The molecular formula is C37H51F6NO. The van der Waals surface area contributed by atoms with Crippen molar-refractivity contribution >= 4 is 0 Å². The van der Waals surface area contributed by atoms with Crippen LogP contribution in [0.1, 0.15) is 140 Å². The molecule has 0 spiro atoms. The second-order valence-electron chi connectivity index (χ2n) is 13.4. The Balaban J connectivity index is 1.28. The van der Waals surface area contributed by atoms with Gasteiger partial charge in [-0.2, -0.15) is 8.78 Å². The number of fused-ring (bicyclic) bond motifs is 1. The predicted molar refractivity (Wildman–Crippen MR) is 168 cm³/mol. The number of benzene rings is 1. The van der Waals surface area contributed by atoms with Gasteiger partial charge in [0.25, 0.3) is 5.92 Å². The number of aromatic nitrogens is 1. The largest absolute Gasteiger partial charge is 0.487 e. The van der Waals surface area contributed by atoms with Crippen molar-refractivity contribution in [1.82, 2.24) is 4.98 Å². The van der Waals surface area contributed by atoms with E-state index in [1.165, 1.54) is 50.7 Å². The molecule has 0 saturated heterocycles. The zero-order chi connectivity index (χ0) is 32.2. The van der Waals surface area contributed by atoms with E-state index in [4.69, 9.17) is 4.74 Å². The van der Waals surface area contributed by atoms with Crippen LogP contribution in [-0.4, -0.2) is 17.8 Å². The van der Waals surface area contributed by atoms with Gasteiger partial charge in [0.15, 0.2) is 11.6 Å². The van der Waals surface area contributed by atoms with E-state index in [1.54, 1.807) is 0 Å². The number of nitrogens with zero attached hydrogens (tertiary/aromatic N) is 1. The van der Waals surface area contributed by atoms with Crippen LogP contribution in [0.3, 0.4) is 0 Å². The van der Waals surface area contributed by atoms with Gasteiger partial charge in [0.2, 0.25) is 11.8 Å². The lowest BCUT2D eigenvalue weighted by Crippen LogP contribution is -2.33. The molecule has 2 aliphatic carbocycles. The second-order valence-corrected chi connectivity index (χ2v) is 13.4. The molecule has 0 amide bonds. The SMILES string of the molecule is CCCCCCCCC(F)COc1ccc(-c2cc3c(c(F)n2)C(F)(F)C(CCCCCCCCCC2CC2)CC3)c(F)c1F. The van der Waals surface area contributed by atoms with E-state index in [2.05, 4.69) is 11.9 Å². The molecule has 2 atom stereocenters. The van der Waals surface area contributed by atoms with E-state index in [9.17, 15) is 8.78 Å². The lowest BCUT2D eigenvalue weighted by atomic mass is 9.78. The molecule has 1 heterocycles. The van der Waals surface area contributed by atoms with Gasteiger partial charge in [-0.3, -0.25) is 0 Å². The summed E-state index contributed by atoms with van der Waals surface area (Å²) in [5.41, 5.74) is -1.27. The molecule has 2 nitrogen and oxygen atoms in total. The van der Waals surface area contributed by atoms with E-state index in [1.807, 2.05) is 0 Å². The highest BCUT2D eigenvalue weighted by Gasteiger charge is 2.48. The fraction of sp³-hybridized carbons (Fsp3) is 0.703. The van der Waals surface area contributed by atoms with Crippen LogP contribution in [0, 0.1) is 29.4 Å². The fourth-order valence-corrected chi connectivity index (χ4v) is 6.66. The van der Waals surface area contributed by atoms with Crippen LogP contribution in [0.4, 0.5) is 26.3 Å². The maximum atomic E-state index is 15.5. The lowest BCUT2D eigenvalue weighted by Gasteiger charge is -2.33. The van der Waals surface area contributed by atoms with Crippen LogP contribution in [0.5, 0.6) is 5.75 Å². The van der Waals surface area contributed by atoms with E-state index in [-0.39, 0.29) is 36.1 Å². The Bertz CT molecular complexity index is 1200. The Morgan fingerprint density at radius 3 is 2.16 bits per heavy atom. The summed E-state index contributed by atoms with van der Waals surface area (Å²) in [4.78, 5) is 3.66. The van der Waals surface area contributed by atoms with Crippen LogP contribution >= 0.6 is 0 Å². The van der Waals surface area contributed by atoms with Crippen molar-refractivity contribution in [3.63, 3.8) is 0 Å². The average molecular weight is 640 g/mol. The number of halogens is 6. The highest BCUT2D eigenvalue weighted by atomic mass is 19.3. The molecule has 1 aromatic heterocycles. The molecule has 2 unspecified atom stereocenters. The fourth-order valence-electron chi connectivity index (χ4n) is 6.66. The number of aryl methyl sites for hydroxylation is 1. The second kappa shape index (κ2) is 17.6. The maximum Gasteiger partial charge on any atom is 0.280 e. The predicted octanol–water partition coefficient (Wildman–Crippen LogP) is 12.2. The summed E-state index contributed by atoms with van der Waals surface area (Å²) in [7, 11) is 0. The number of rotatable bonds is 21. The molecule has 2 aliphatic rings. The number of pyridine rings is 1. The van der Waals surface area contributed by atoms with Crippen molar-refractivity contribution in [3.05, 3.63) is 46.9 Å². The van der Waals surface area contributed by atoms with Gasteiger partial charge in [-0.25, -0.2) is 22.5 Å². The molecule has 0 radical (unpaired) electrons. The standard InChI is InChI=1S/C37H51F6NO/c1-2-3-4-5-11-14-17-29(38)25-45-32-23-22-30(34(39)35(32)40)31-24-27-20-21-28(37(42,43)33(27)36(41)44-31)16-13-10-8-6-7-9-12-15-26-18-19-26/h22-24,26,28-29H,2-21,25H2,1H3. The highest BCUT2D eigenvalue weighted by Crippen LogP contribution is 2.48. The first kappa shape index (κ1) is 35.6. The first-order valence-electron chi connectivity index (χ1n) is 17.5. The minimum absolute atomic E-state index is 0.0695. The average Bonchev–Trinajstić information content (AvgIpc) is 3.84. The van der Waals surface area contributed by atoms with Crippen LogP contribution in [0.15, 0.2) is 18.2 Å². The topological polar surface area (TPSA) is 22.1 Å². The van der Waals surface area contributed by atoms with Crippen LogP contribution < -0.4 is 4.74 Å². The van der Waals surface area contributed by atoms with Gasteiger partial charge in [0, 0.05) is 11.5 Å². The first-order chi connectivity index (χ1) is 21.7. The maximum absolute atomic E-state index is 15.5. The molecule has 0 N–H and O–H groups in total. The quantitative estimate of drug-likeness (QED) is 0.0770. The normalized spacial score (nSPS) is 18.2. The molecular weight excluding hydrogens is 588 g/mol. The zero-order valence-electron chi connectivity index (χ0n) is 26.9.